The van der Waals surface area contributed by atoms with Gasteiger partial charge in [0.1, 0.15) is 11.9 Å². The molecule has 1 fully saturated rings. The molecule has 5 atom stereocenters. The second-order valence-electron chi connectivity index (χ2n) is 8.62. The van der Waals surface area contributed by atoms with Gasteiger partial charge in [0.25, 0.3) is 5.56 Å². The van der Waals surface area contributed by atoms with Crippen LogP contribution in [0.2, 0.25) is 0 Å². The zero-order valence-electron chi connectivity index (χ0n) is 20.8. The summed E-state index contributed by atoms with van der Waals surface area (Å²) in [5, 5.41) is 0.609. The summed E-state index contributed by atoms with van der Waals surface area (Å²) < 4.78 is 54.3. The SMILES string of the molecule is Cc1nc(C(=O)C[C@@H]2C[C@H](n3cnc4c(=O)[nH]c(N)nc43)OC2COP(=O)(O)OP(=O)(O)OP(=O)(O)O)c(CN)s1. The number of nitrogens with one attached hydrogen (secondary N) is 1. The first-order chi connectivity index (χ1) is 19.0. The number of ketones is 1. The standard InChI is InChI=1S/C17H24N7O13P3S/c1-7-21-13(11(4-18)41-7)9(25)2-8-3-12(24-6-20-14-15(24)22-17(19)23-16(14)26)35-10(8)5-34-39(30,31)37-40(32,33)36-38(27,28)29/h6,8,10,12H,2-5,18H2,1H3,(H,30,31)(H,32,33)(H2,27,28,29)(H3,19,22,23,26)/t8-,10?,12-/m1/s1. The molecule has 1 saturated heterocycles. The number of phosphoric acid groups is 3. The van der Waals surface area contributed by atoms with E-state index >= 15 is 0 Å². The fraction of sp³-hybridized carbons (Fsp3) is 0.471. The molecule has 0 aromatic carbocycles. The van der Waals surface area contributed by atoms with Crippen molar-refractivity contribution in [3.8, 4) is 0 Å². The second-order valence-corrected chi connectivity index (χ2v) is 14.3. The summed E-state index contributed by atoms with van der Waals surface area (Å²) in [5.41, 5.74) is 10.9. The molecule has 1 aliphatic heterocycles. The van der Waals surface area contributed by atoms with Gasteiger partial charge in [-0.05, 0) is 19.3 Å². The van der Waals surface area contributed by atoms with Crippen LogP contribution < -0.4 is 17.0 Å². The van der Waals surface area contributed by atoms with Crippen molar-refractivity contribution in [1.82, 2.24) is 24.5 Å². The van der Waals surface area contributed by atoms with Crippen molar-refractivity contribution in [2.75, 3.05) is 12.3 Å². The molecule has 3 aromatic heterocycles. The van der Waals surface area contributed by atoms with Crippen molar-refractivity contribution in [3.63, 3.8) is 0 Å². The number of nitrogens with two attached hydrogens (primary N) is 2. The molecule has 3 unspecified atom stereocenters. The summed E-state index contributed by atoms with van der Waals surface area (Å²) in [6.45, 7) is 0.959. The van der Waals surface area contributed by atoms with Gasteiger partial charge in [0.05, 0.1) is 24.0 Å². The van der Waals surface area contributed by atoms with Gasteiger partial charge in [-0.25, -0.2) is 23.7 Å². The molecule has 1 aliphatic rings. The summed E-state index contributed by atoms with van der Waals surface area (Å²) in [6.07, 6.45) is -0.979. The van der Waals surface area contributed by atoms with Gasteiger partial charge < -0.3 is 35.8 Å². The molecule has 0 bridgehead atoms. The van der Waals surface area contributed by atoms with Gasteiger partial charge in [-0.15, -0.1) is 11.3 Å². The Bertz CT molecular complexity index is 1670. The van der Waals surface area contributed by atoms with E-state index in [0.717, 1.165) is 0 Å². The number of rotatable bonds is 12. The van der Waals surface area contributed by atoms with Crippen molar-refractivity contribution in [1.29, 1.82) is 0 Å². The largest absolute Gasteiger partial charge is 0.490 e. The van der Waals surface area contributed by atoms with E-state index in [9.17, 15) is 33.1 Å². The zero-order valence-corrected chi connectivity index (χ0v) is 24.3. The highest BCUT2D eigenvalue weighted by Crippen LogP contribution is 2.66. The number of phosphoric ester groups is 1. The number of thiazole rings is 1. The smallest absolute Gasteiger partial charge is 0.369 e. The number of hydrogen-bond acceptors (Lipinski definition) is 15. The van der Waals surface area contributed by atoms with Gasteiger partial charge >= 0.3 is 23.5 Å². The number of carbonyl (C=O) groups is 1. The number of hydrogen-bond donors (Lipinski definition) is 7. The summed E-state index contributed by atoms with van der Waals surface area (Å²) >= 11 is 1.24. The number of nitrogen functional groups attached to an aromatic ring is 1. The van der Waals surface area contributed by atoms with Gasteiger partial charge in [0.2, 0.25) is 5.95 Å². The lowest BCUT2D eigenvalue weighted by Crippen LogP contribution is -2.25. The first-order valence-electron chi connectivity index (χ1n) is 11.3. The number of aromatic nitrogens is 5. The van der Waals surface area contributed by atoms with Crippen molar-refractivity contribution < 1.29 is 55.9 Å². The molecule has 0 amide bonds. The molecule has 41 heavy (non-hydrogen) atoms. The molecule has 20 nitrogen and oxygen atoms in total. The fourth-order valence-corrected chi connectivity index (χ4v) is 8.00. The maximum Gasteiger partial charge on any atom is 0.490 e. The predicted molar refractivity (Wildman–Crippen MR) is 138 cm³/mol. The molecule has 24 heteroatoms. The van der Waals surface area contributed by atoms with Crippen molar-refractivity contribution in [2.45, 2.75) is 38.6 Å². The van der Waals surface area contributed by atoms with Gasteiger partial charge in [-0.1, -0.05) is 0 Å². The topological polar surface area (TPSA) is 315 Å². The lowest BCUT2D eigenvalue weighted by atomic mass is 9.93. The molecule has 4 heterocycles. The van der Waals surface area contributed by atoms with Crippen LogP contribution >= 0.6 is 34.8 Å². The molecule has 0 spiro atoms. The number of H-pyrrole nitrogens is 1. The van der Waals surface area contributed by atoms with Gasteiger partial charge in [0.15, 0.2) is 16.9 Å². The Labute approximate surface area is 233 Å². The molecule has 0 radical (unpaired) electrons. The summed E-state index contributed by atoms with van der Waals surface area (Å²) in [5.74, 6) is -1.35. The molecule has 226 valence electrons. The maximum absolute atomic E-state index is 13.2. The lowest BCUT2D eigenvalue weighted by Gasteiger charge is -2.21. The number of imidazole rings is 1. The summed E-state index contributed by atoms with van der Waals surface area (Å²) in [7, 11) is -16.8. The molecular formula is C17H24N7O13P3S. The van der Waals surface area contributed by atoms with Gasteiger partial charge in [0, 0.05) is 17.8 Å². The van der Waals surface area contributed by atoms with Crippen LogP contribution in [-0.2, 0) is 38.1 Å². The summed E-state index contributed by atoms with van der Waals surface area (Å²) in [6, 6.07) is 0. The van der Waals surface area contributed by atoms with Crippen molar-refractivity contribution >= 4 is 57.7 Å². The normalized spacial score (nSPS) is 22.5. The number of anilines is 1. The van der Waals surface area contributed by atoms with Crippen molar-refractivity contribution in [2.24, 2.45) is 11.7 Å². The Morgan fingerprint density at radius 2 is 1.93 bits per heavy atom. The van der Waals surface area contributed by atoms with E-state index < -0.39 is 59.7 Å². The third-order valence-electron chi connectivity index (χ3n) is 5.64. The Kier molecular flexibility index (Phi) is 9.14. The van der Waals surface area contributed by atoms with Crippen LogP contribution in [0, 0.1) is 12.8 Å². The number of ether oxygens (including phenoxy) is 1. The lowest BCUT2D eigenvalue weighted by molar-refractivity contribution is -0.0287. The fourth-order valence-electron chi connectivity index (χ4n) is 4.13. The number of aryl methyl sites for hydroxylation is 1. The number of nitrogens with zero attached hydrogens (tertiary/aromatic N) is 4. The van der Waals surface area contributed by atoms with Crippen LogP contribution in [0.5, 0.6) is 0 Å². The third kappa shape index (κ3) is 7.79. The average Bonchev–Trinajstić information content (AvgIpc) is 3.51. The monoisotopic (exact) mass is 659 g/mol. The number of fused-ring (bicyclic) bond motifs is 1. The van der Waals surface area contributed by atoms with E-state index in [2.05, 4.69) is 28.6 Å². The predicted octanol–water partition coefficient (Wildman–Crippen LogP) is 0.445. The van der Waals surface area contributed by atoms with Crippen LogP contribution in [0.15, 0.2) is 11.1 Å². The van der Waals surface area contributed by atoms with Crippen LogP contribution in [0.4, 0.5) is 5.95 Å². The van der Waals surface area contributed by atoms with E-state index in [0.29, 0.717) is 9.88 Å². The number of carbonyl (C=O) groups excluding carboxylic acids is 1. The Morgan fingerprint density at radius 3 is 2.59 bits per heavy atom. The van der Waals surface area contributed by atoms with Crippen LogP contribution in [0.3, 0.4) is 0 Å². The van der Waals surface area contributed by atoms with Crippen molar-refractivity contribution in [3.05, 3.63) is 32.3 Å². The molecule has 0 aliphatic carbocycles. The third-order valence-corrected chi connectivity index (χ3v) is 10.4. The minimum atomic E-state index is -5.75. The quantitative estimate of drug-likeness (QED) is 0.102. The number of aromatic amines is 1. The highest BCUT2D eigenvalue weighted by atomic mass is 32.1. The minimum Gasteiger partial charge on any atom is -0.369 e. The first-order valence-corrected chi connectivity index (χ1v) is 16.7. The summed E-state index contributed by atoms with van der Waals surface area (Å²) in [4.78, 5) is 77.2. The van der Waals surface area contributed by atoms with E-state index in [1.807, 2.05) is 0 Å². The Balaban J connectivity index is 1.58. The highest BCUT2D eigenvalue weighted by molar-refractivity contribution is 7.66. The Morgan fingerprint density at radius 1 is 1.22 bits per heavy atom. The molecular weight excluding hydrogens is 635 g/mol. The second kappa shape index (κ2) is 11.8. The van der Waals surface area contributed by atoms with Gasteiger partial charge in [-0.3, -0.25) is 23.7 Å². The zero-order chi connectivity index (χ0) is 30.3. The molecule has 4 rings (SSSR count). The molecule has 9 N–H and O–H groups in total. The van der Waals surface area contributed by atoms with Crippen LogP contribution in [-0.4, -0.2) is 62.6 Å². The van der Waals surface area contributed by atoms with E-state index in [1.165, 1.54) is 22.2 Å². The van der Waals surface area contributed by atoms with Crippen LogP contribution in [0.1, 0.15) is 39.4 Å². The number of Topliss-reactive ketones (excluding diaryl/α,β-unsaturated/α-hetero) is 1. The first kappa shape index (κ1) is 31.7. The maximum atomic E-state index is 13.2. The van der Waals surface area contributed by atoms with Crippen LogP contribution in [0.25, 0.3) is 11.2 Å². The Hall–Kier alpha value is -2.22. The van der Waals surface area contributed by atoms with E-state index in [1.54, 1.807) is 6.92 Å². The van der Waals surface area contributed by atoms with Gasteiger partial charge in [-0.2, -0.15) is 13.6 Å². The molecule has 3 aromatic rings. The molecule has 0 saturated carbocycles. The average molecular weight is 659 g/mol. The van der Waals surface area contributed by atoms with E-state index in [4.69, 9.17) is 30.5 Å². The van der Waals surface area contributed by atoms with E-state index in [-0.39, 0.29) is 42.2 Å². The highest BCUT2D eigenvalue weighted by Gasteiger charge is 2.44. The minimum absolute atomic E-state index is 0.0513.